The van der Waals surface area contributed by atoms with E-state index in [2.05, 4.69) is 37.8 Å². The average Bonchev–Trinajstić information content (AvgIpc) is 2.50. The Morgan fingerprint density at radius 2 is 1.05 bits per heavy atom. The molecular formula is C21H30. The molecule has 0 spiro atoms. The fourth-order valence-electron chi connectivity index (χ4n) is 1.70. The van der Waals surface area contributed by atoms with Gasteiger partial charge in [0.15, 0.2) is 0 Å². The third kappa shape index (κ3) is 18.2. The summed E-state index contributed by atoms with van der Waals surface area (Å²) >= 11 is 0. The van der Waals surface area contributed by atoms with Crippen molar-refractivity contribution in [1.82, 2.24) is 0 Å². The van der Waals surface area contributed by atoms with Crippen LogP contribution >= 0.6 is 0 Å². The molecule has 0 aliphatic heterocycles. The molecule has 0 aliphatic rings. The zero-order valence-corrected chi connectivity index (χ0v) is 13.5. The first-order chi connectivity index (χ1) is 10.4. The molecule has 0 unspecified atom stereocenters. The maximum atomic E-state index is 3.61. The van der Waals surface area contributed by atoms with Gasteiger partial charge in [-0.25, -0.2) is 0 Å². The smallest absolute Gasteiger partial charge is 0.0348 e. The lowest BCUT2D eigenvalue weighted by Gasteiger charge is -1.95. The Morgan fingerprint density at radius 3 is 1.57 bits per heavy atom. The molecule has 21 heavy (non-hydrogen) atoms. The molecule has 0 amide bonds. The van der Waals surface area contributed by atoms with Gasteiger partial charge in [0, 0.05) is 0 Å². The maximum Gasteiger partial charge on any atom is -0.0348 e. The molecule has 114 valence electrons. The Hall–Kier alpha value is -1.82. The van der Waals surface area contributed by atoms with Crippen LogP contribution < -0.4 is 0 Å². The van der Waals surface area contributed by atoms with Gasteiger partial charge in [-0.2, -0.15) is 0 Å². The fourth-order valence-corrected chi connectivity index (χ4v) is 1.70. The van der Waals surface area contributed by atoms with E-state index in [-0.39, 0.29) is 0 Å². The van der Waals surface area contributed by atoms with Crippen molar-refractivity contribution < 1.29 is 0 Å². The third-order valence-electron chi connectivity index (χ3n) is 2.86. The SMILES string of the molecule is C=CC=CC=CC=CC=CC=CC=CCCCCCCC. The first-order valence-electron chi connectivity index (χ1n) is 8.02. The summed E-state index contributed by atoms with van der Waals surface area (Å²) < 4.78 is 0. The lowest BCUT2D eigenvalue weighted by molar-refractivity contribution is 0.637. The van der Waals surface area contributed by atoms with Crippen LogP contribution in [0.1, 0.15) is 45.4 Å². The molecule has 0 saturated carbocycles. The fraction of sp³-hybridized carbons (Fsp3) is 0.333. The standard InChI is InChI=1S/C21H30/c1-3-5-7-9-11-13-15-17-19-21-20-18-16-14-12-10-8-6-4-2/h3,5,7,9,11,13,15-21H,1,4,6,8,10,12,14H2,2H3. The molecule has 0 N–H and O–H groups in total. The van der Waals surface area contributed by atoms with Gasteiger partial charge in [0.05, 0.1) is 0 Å². The summed E-state index contributed by atoms with van der Waals surface area (Å²) in [5.41, 5.74) is 0. The molecule has 0 aromatic rings. The Labute approximate surface area is 131 Å². The molecule has 0 bridgehead atoms. The van der Waals surface area contributed by atoms with E-state index in [1.165, 1.54) is 38.5 Å². The average molecular weight is 282 g/mol. The van der Waals surface area contributed by atoms with Crippen LogP contribution in [0.5, 0.6) is 0 Å². The van der Waals surface area contributed by atoms with E-state index in [0.717, 1.165) is 0 Å². The molecule has 0 aliphatic carbocycles. The van der Waals surface area contributed by atoms with Crippen LogP contribution in [0.2, 0.25) is 0 Å². The van der Waals surface area contributed by atoms with Crippen LogP contribution in [0.25, 0.3) is 0 Å². The second kappa shape index (κ2) is 18.2. The summed E-state index contributed by atoms with van der Waals surface area (Å²) in [6, 6.07) is 0. The minimum Gasteiger partial charge on any atom is -0.0991 e. The summed E-state index contributed by atoms with van der Waals surface area (Å²) in [6.07, 6.45) is 34.1. The van der Waals surface area contributed by atoms with Crippen molar-refractivity contribution in [3.8, 4) is 0 Å². The quantitative estimate of drug-likeness (QED) is 0.270. The van der Waals surface area contributed by atoms with Gasteiger partial charge in [-0.1, -0.05) is 118 Å². The van der Waals surface area contributed by atoms with Gasteiger partial charge < -0.3 is 0 Å². The van der Waals surface area contributed by atoms with Crippen molar-refractivity contribution in [2.75, 3.05) is 0 Å². The van der Waals surface area contributed by atoms with E-state index in [1.54, 1.807) is 6.08 Å². The second-order valence-electron chi connectivity index (χ2n) is 4.79. The number of hydrogen-bond acceptors (Lipinski definition) is 0. The topological polar surface area (TPSA) is 0 Å². The van der Waals surface area contributed by atoms with E-state index in [9.17, 15) is 0 Å². The zero-order valence-electron chi connectivity index (χ0n) is 13.5. The van der Waals surface area contributed by atoms with Gasteiger partial charge in [-0.15, -0.1) is 0 Å². The van der Waals surface area contributed by atoms with Crippen molar-refractivity contribution in [1.29, 1.82) is 0 Å². The van der Waals surface area contributed by atoms with E-state index in [4.69, 9.17) is 0 Å². The lowest BCUT2D eigenvalue weighted by atomic mass is 10.1. The molecule has 0 saturated heterocycles. The molecule has 0 radical (unpaired) electrons. The van der Waals surface area contributed by atoms with Crippen molar-refractivity contribution in [2.45, 2.75) is 45.4 Å². The molecule has 0 atom stereocenters. The monoisotopic (exact) mass is 282 g/mol. The summed E-state index contributed by atoms with van der Waals surface area (Å²) in [6.45, 7) is 5.86. The van der Waals surface area contributed by atoms with Gasteiger partial charge >= 0.3 is 0 Å². The van der Waals surface area contributed by atoms with Gasteiger partial charge in [0.1, 0.15) is 0 Å². The van der Waals surface area contributed by atoms with Crippen molar-refractivity contribution in [3.63, 3.8) is 0 Å². The molecule has 0 nitrogen and oxygen atoms in total. The molecular weight excluding hydrogens is 252 g/mol. The van der Waals surface area contributed by atoms with E-state index in [0.29, 0.717) is 0 Å². The van der Waals surface area contributed by atoms with Crippen molar-refractivity contribution >= 4 is 0 Å². The zero-order chi connectivity index (χ0) is 15.4. The van der Waals surface area contributed by atoms with E-state index < -0.39 is 0 Å². The minimum atomic E-state index is 1.20. The second-order valence-corrected chi connectivity index (χ2v) is 4.79. The summed E-state index contributed by atoms with van der Waals surface area (Å²) in [7, 11) is 0. The van der Waals surface area contributed by atoms with Gasteiger partial charge in [-0.3, -0.25) is 0 Å². The predicted octanol–water partition coefficient (Wildman–Crippen LogP) is 6.87. The van der Waals surface area contributed by atoms with Crippen molar-refractivity contribution in [3.05, 3.63) is 85.6 Å². The number of unbranched alkanes of at least 4 members (excludes halogenated alkanes) is 5. The molecule has 0 fully saturated rings. The Morgan fingerprint density at radius 1 is 0.571 bits per heavy atom. The first-order valence-corrected chi connectivity index (χ1v) is 8.02. The van der Waals surface area contributed by atoms with Crippen molar-refractivity contribution in [2.24, 2.45) is 0 Å². The third-order valence-corrected chi connectivity index (χ3v) is 2.86. The number of rotatable bonds is 12. The van der Waals surface area contributed by atoms with Crippen LogP contribution in [0.3, 0.4) is 0 Å². The highest BCUT2D eigenvalue weighted by Crippen LogP contribution is 2.05. The highest BCUT2D eigenvalue weighted by atomic mass is 13.9. The Balaban J connectivity index is 3.59. The predicted molar refractivity (Wildman–Crippen MR) is 98.4 cm³/mol. The van der Waals surface area contributed by atoms with Crippen LogP contribution in [-0.4, -0.2) is 0 Å². The van der Waals surface area contributed by atoms with Crippen LogP contribution in [0.4, 0.5) is 0 Å². The summed E-state index contributed by atoms with van der Waals surface area (Å²) in [5, 5.41) is 0. The molecule has 0 aromatic carbocycles. The molecule has 0 aromatic heterocycles. The van der Waals surface area contributed by atoms with Crippen LogP contribution in [0.15, 0.2) is 85.6 Å². The Bertz CT molecular complexity index is 386. The van der Waals surface area contributed by atoms with Gasteiger partial charge in [0.2, 0.25) is 0 Å². The first kappa shape index (κ1) is 19.2. The highest BCUT2D eigenvalue weighted by Gasteiger charge is 1.85. The Kier molecular flexibility index (Phi) is 16.6. The summed E-state index contributed by atoms with van der Waals surface area (Å²) in [4.78, 5) is 0. The van der Waals surface area contributed by atoms with E-state index >= 15 is 0 Å². The van der Waals surface area contributed by atoms with E-state index in [1.807, 2.05) is 48.6 Å². The highest BCUT2D eigenvalue weighted by molar-refractivity contribution is 5.20. The van der Waals surface area contributed by atoms with Gasteiger partial charge in [-0.05, 0) is 12.8 Å². The van der Waals surface area contributed by atoms with Gasteiger partial charge in [0.25, 0.3) is 0 Å². The van der Waals surface area contributed by atoms with Crippen LogP contribution in [0, 0.1) is 0 Å². The minimum absolute atomic E-state index is 1.20. The maximum absolute atomic E-state index is 3.61. The number of hydrogen-bond donors (Lipinski definition) is 0. The lowest BCUT2D eigenvalue weighted by Crippen LogP contribution is -1.75. The van der Waals surface area contributed by atoms with Crippen LogP contribution in [-0.2, 0) is 0 Å². The molecule has 0 rings (SSSR count). The largest absolute Gasteiger partial charge is 0.0991 e. The normalized spacial score (nSPS) is 13.2. The molecule has 0 heteroatoms. The molecule has 0 heterocycles. The number of allylic oxidation sites excluding steroid dienone is 13. The summed E-state index contributed by atoms with van der Waals surface area (Å²) in [5.74, 6) is 0.